The smallest absolute Gasteiger partial charge is 0.0951 e. The third kappa shape index (κ3) is 3.80. The van der Waals surface area contributed by atoms with Crippen LogP contribution in [0.15, 0.2) is 12.5 Å². The van der Waals surface area contributed by atoms with Gasteiger partial charge < -0.3 is 15.0 Å². The maximum Gasteiger partial charge on any atom is 0.0951 e. The molecule has 1 aromatic rings. The topological polar surface area (TPSA) is 56.3 Å². The van der Waals surface area contributed by atoms with Crippen LogP contribution in [0, 0.1) is 0 Å². The molecule has 1 atom stereocenters. The van der Waals surface area contributed by atoms with Gasteiger partial charge >= 0.3 is 0 Å². The Bertz CT molecular complexity index is 337. The van der Waals surface area contributed by atoms with E-state index >= 15 is 0 Å². The van der Waals surface area contributed by atoms with Gasteiger partial charge in [-0.25, -0.2) is 4.98 Å². The molecule has 104 valence electrons. The molecule has 1 aromatic heterocycles. The third-order valence-corrected chi connectivity index (χ3v) is 3.14. The van der Waals surface area contributed by atoms with E-state index in [1.54, 1.807) is 0 Å². The first-order valence-corrected chi connectivity index (χ1v) is 6.61. The van der Waals surface area contributed by atoms with Crippen molar-refractivity contribution in [3.63, 3.8) is 0 Å². The summed E-state index contributed by atoms with van der Waals surface area (Å²) in [6.45, 7) is 9.26. The molecular formula is C13H26N4O. The lowest BCUT2D eigenvalue weighted by atomic mass is 10.2. The number of hydrogen-bond donors (Lipinski definition) is 1. The summed E-state index contributed by atoms with van der Waals surface area (Å²) in [5.41, 5.74) is 7.09. The second kappa shape index (κ2) is 7.51. The van der Waals surface area contributed by atoms with Crippen LogP contribution < -0.4 is 5.73 Å². The zero-order chi connectivity index (χ0) is 13.5. The first-order chi connectivity index (χ1) is 8.61. The van der Waals surface area contributed by atoms with E-state index in [2.05, 4.69) is 35.3 Å². The molecule has 2 N–H and O–H groups in total. The van der Waals surface area contributed by atoms with Gasteiger partial charge in [-0.2, -0.15) is 0 Å². The number of nitrogens with two attached hydrogens (primary N) is 1. The first kappa shape index (κ1) is 15.1. The highest BCUT2D eigenvalue weighted by Crippen LogP contribution is 2.20. The van der Waals surface area contributed by atoms with Crippen molar-refractivity contribution < 1.29 is 4.74 Å². The molecule has 0 saturated heterocycles. The van der Waals surface area contributed by atoms with Gasteiger partial charge in [-0.15, -0.1) is 0 Å². The third-order valence-electron chi connectivity index (χ3n) is 3.14. The number of aromatic nitrogens is 2. The van der Waals surface area contributed by atoms with Crippen LogP contribution in [-0.4, -0.2) is 47.8 Å². The number of likely N-dealkylation sites (N-methyl/N-ethyl adjacent to an activating group) is 1. The molecule has 5 nitrogen and oxygen atoms in total. The molecule has 1 heterocycles. The highest BCUT2D eigenvalue weighted by atomic mass is 16.5. The maximum atomic E-state index is 5.91. The number of hydrogen-bond acceptors (Lipinski definition) is 4. The largest absolute Gasteiger partial charge is 0.380 e. The van der Waals surface area contributed by atoms with Crippen molar-refractivity contribution in [3.05, 3.63) is 18.2 Å². The highest BCUT2D eigenvalue weighted by molar-refractivity contribution is 5.07. The maximum absolute atomic E-state index is 5.91. The van der Waals surface area contributed by atoms with E-state index in [4.69, 9.17) is 10.5 Å². The van der Waals surface area contributed by atoms with Crippen molar-refractivity contribution >= 4 is 0 Å². The number of rotatable bonds is 8. The summed E-state index contributed by atoms with van der Waals surface area (Å²) >= 11 is 0. The van der Waals surface area contributed by atoms with Crippen molar-refractivity contribution in [2.24, 2.45) is 5.73 Å². The van der Waals surface area contributed by atoms with Crippen molar-refractivity contribution in [2.75, 3.05) is 33.4 Å². The Morgan fingerprint density at radius 2 is 2.22 bits per heavy atom. The Hall–Kier alpha value is -0.910. The van der Waals surface area contributed by atoms with Crippen LogP contribution in [0.4, 0.5) is 0 Å². The van der Waals surface area contributed by atoms with Crippen molar-refractivity contribution in [3.8, 4) is 0 Å². The molecule has 0 radical (unpaired) electrons. The average molecular weight is 254 g/mol. The molecule has 0 fully saturated rings. The van der Waals surface area contributed by atoms with Crippen LogP contribution in [0.1, 0.15) is 38.5 Å². The Labute approximate surface area is 110 Å². The minimum Gasteiger partial charge on any atom is -0.380 e. The fourth-order valence-corrected chi connectivity index (χ4v) is 2.04. The van der Waals surface area contributed by atoms with Crippen LogP contribution in [0.5, 0.6) is 0 Å². The Kier molecular flexibility index (Phi) is 6.32. The van der Waals surface area contributed by atoms with Gasteiger partial charge in [-0.05, 0) is 27.8 Å². The van der Waals surface area contributed by atoms with Gasteiger partial charge in [0.05, 0.1) is 24.7 Å². The summed E-state index contributed by atoms with van der Waals surface area (Å²) in [5.74, 6) is 0. The Morgan fingerprint density at radius 3 is 2.78 bits per heavy atom. The van der Waals surface area contributed by atoms with Crippen molar-refractivity contribution in [2.45, 2.75) is 32.9 Å². The predicted molar refractivity (Wildman–Crippen MR) is 73.5 cm³/mol. The van der Waals surface area contributed by atoms with Gasteiger partial charge in [0, 0.05) is 31.9 Å². The minimum atomic E-state index is 0.190. The van der Waals surface area contributed by atoms with E-state index in [-0.39, 0.29) is 6.04 Å². The molecule has 0 spiro atoms. The van der Waals surface area contributed by atoms with E-state index in [9.17, 15) is 0 Å². The standard InChI is InChI=1S/C13H26N4O/c1-5-18-7-6-16(4)12(8-14)13-9-15-10-17(13)11(2)3/h9-12H,5-8,14H2,1-4H3. The Balaban J connectivity index is 2.72. The molecule has 1 rings (SSSR count). The summed E-state index contributed by atoms with van der Waals surface area (Å²) < 4.78 is 7.56. The summed E-state index contributed by atoms with van der Waals surface area (Å²) in [6, 6.07) is 0.590. The molecule has 0 aliphatic rings. The summed E-state index contributed by atoms with van der Waals surface area (Å²) in [6.07, 6.45) is 3.79. The van der Waals surface area contributed by atoms with Crippen molar-refractivity contribution in [1.82, 2.24) is 14.5 Å². The van der Waals surface area contributed by atoms with Gasteiger partial charge in [0.2, 0.25) is 0 Å². The molecule has 0 aromatic carbocycles. The molecule has 0 amide bonds. The van der Waals surface area contributed by atoms with E-state index in [0.717, 1.165) is 19.8 Å². The average Bonchev–Trinajstić information content (AvgIpc) is 2.79. The van der Waals surface area contributed by atoms with Gasteiger partial charge in [-0.3, -0.25) is 4.90 Å². The van der Waals surface area contributed by atoms with Gasteiger partial charge in [0.1, 0.15) is 0 Å². The second-order valence-corrected chi connectivity index (χ2v) is 4.75. The van der Waals surface area contributed by atoms with Crippen LogP contribution in [0.25, 0.3) is 0 Å². The lowest BCUT2D eigenvalue weighted by molar-refractivity contribution is 0.107. The fourth-order valence-electron chi connectivity index (χ4n) is 2.04. The molecule has 18 heavy (non-hydrogen) atoms. The molecule has 0 saturated carbocycles. The zero-order valence-electron chi connectivity index (χ0n) is 12.0. The molecule has 0 bridgehead atoms. The summed E-state index contributed by atoms with van der Waals surface area (Å²) in [5, 5.41) is 0. The molecule has 0 aliphatic carbocycles. The molecule has 0 aliphatic heterocycles. The van der Waals surface area contributed by atoms with E-state index in [1.165, 1.54) is 5.69 Å². The normalized spacial score (nSPS) is 13.5. The van der Waals surface area contributed by atoms with E-state index in [1.807, 2.05) is 19.4 Å². The van der Waals surface area contributed by atoms with E-state index < -0.39 is 0 Å². The second-order valence-electron chi connectivity index (χ2n) is 4.75. The van der Waals surface area contributed by atoms with Crippen LogP contribution in [0.2, 0.25) is 0 Å². The van der Waals surface area contributed by atoms with Crippen LogP contribution in [0.3, 0.4) is 0 Å². The summed E-state index contributed by atoms with van der Waals surface area (Å²) in [4.78, 5) is 6.47. The predicted octanol–water partition coefficient (Wildman–Crippen LogP) is 1.43. The summed E-state index contributed by atoms with van der Waals surface area (Å²) in [7, 11) is 2.08. The number of nitrogens with zero attached hydrogens (tertiary/aromatic N) is 3. The van der Waals surface area contributed by atoms with Crippen molar-refractivity contribution in [1.29, 1.82) is 0 Å². The monoisotopic (exact) mass is 254 g/mol. The van der Waals surface area contributed by atoms with Crippen LogP contribution in [-0.2, 0) is 4.74 Å². The van der Waals surface area contributed by atoms with Gasteiger partial charge in [0.25, 0.3) is 0 Å². The zero-order valence-corrected chi connectivity index (χ0v) is 12.0. The van der Waals surface area contributed by atoms with Crippen LogP contribution >= 0.6 is 0 Å². The Morgan fingerprint density at radius 1 is 1.50 bits per heavy atom. The SMILES string of the molecule is CCOCCN(C)C(CN)c1cncn1C(C)C. The quantitative estimate of drug-likeness (QED) is 0.713. The minimum absolute atomic E-state index is 0.190. The van der Waals surface area contributed by atoms with Gasteiger partial charge in [-0.1, -0.05) is 0 Å². The molecule has 1 unspecified atom stereocenters. The van der Waals surface area contributed by atoms with Gasteiger partial charge in [0.15, 0.2) is 0 Å². The fraction of sp³-hybridized carbons (Fsp3) is 0.769. The molecular weight excluding hydrogens is 228 g/mol. The lowest BCUT2D eigenvalue weighted by Crippen LogP contribution is -2.34. The lowest BCUT2D eigenvalue weighted by Gasteiger charge is -2.28. The van der Waals surface area contributed by atoms with E-state index in [0.29, 0.717) is 12.6 Å². The molecule has 5 heteroatoms. The first-order valence-electron chi connectivity index (χ1n) is 6.61. The number of imidazole rings is 1. The number of ether oxygens (including phenoxy) is 1. The highest BCUT2D eigenvalue weighted by Gasteiger charge is 2.20.